The zero-order valence-corrected chi connectivity index (χ0v) is 13.6. The van der Waals surface area contributed by atoms with Gasteiger partial charge >= 0.3 is 0 Å². The van der Waals surface area contributed by atoms with Crippen LogP contribution in [-0.4, -0.2) is 26.7 Å². The molecule has 20 heavy (non-hydrogen) atoms. The summed E-state index contributed by atoms with van der Waals surface area (Å²) >= 11 is 0. The molecule has 0 aliphatic carbocycles. The fourth-order valence-electron chi connectivity index (χ4n) is 3.74. The molecule has 2 rings (SSSR count). The summed E-state index contributed by atoms with van der Waals surface area (Å²) in [6.45, 7) is 10.3. The van der Waals surface area contributed by atoms with Gasteiger partial charge in [0.1, 0.15) is 0 Å². The fourth-order valence-corrected chi connectivity index (χ4v) is 3.74. The molecule has 0 amide bonds. The Balaban J connectivity index is 2.13. The van der Waals surface area contributed by atoms with E-state index in [1.807, 2.05) is 0 Å². The second-order valence-electron chi connectivity index (χ2n) is 6.70. The highest BCUT2D eigenvalue weighted by molar-refractivity contribution is 5.50. The smallest absolute Gasteiger partial charge is 0.0369 e. The van der Waals surface area contributed by atoms with Crippen LogP contribution in [0, 0.1) is 19.3 Å². The van der Waals surface area contributed by atoms with Gasteiger partial charge in [0.05, 0.1) is 0 Å². The summed E-state index contributed by atoms with van der Waals surface area (Å²) in [5.41, 5.74) is 4.60. The van der Waals surface area contributed by atoms with Crippen LogP contribution in [0.3, 0.4) is 0 Å². The second kappa shape index (κ2) is 6.62. The van der Waals surface area contributed by atoms with Gasteiger partial charge in [-0.2, -0.15) is 0 Å². The zero-order chi connectivity index (χ0) is 14.6. The van der Waals surface area contributed by atoms with E-state index in [1.54, 1.807) is 0 Å². The molecule has 0 bridgehead atoms. The number of nitrogens with zero attached hydrogens (tertiary/aromatic N) is 1. The van der Waals surface area contributed by atoms with Gasteiger partial charge in [-0.15, -0.1) is 0 Å². The fraction of sp³-hybridized carbons (Fsp3) is 0.667. The van der Waals surface area contributed by atoms with Crippen molar-refractivity contribution in [3.63, 3.8) is 0 Å². The van der Waals surface area contributed by atoms with Crippen molar-refractivity contribution in [2.45, 2.75) is 46.5 Å². The van der Waals surface area contributed by atoms with Crippen LogP contribution in [0.15, 0.2) is 18.2 Å². The predicted molar refractivity (Wildman–Crippen MR) is 88.6 cm³/mol. The number of anilines is 1. The Morgan fingerprint density at radius 3 is 2.25 bits per heavy atom. The zero-order valence-electron chi connectivity index (χ0n) is 13.6. The van der Waals surface area contributed by atoms with Gasteiger partial charge in [-0.1, -0.05) is 19.4 Å². The van der Waals surface area contributed by atoms with Gasteiger partial charge in [0.15, 0.2) is 0 Å². The van der Waals surface area contributed by atoms with Crippen LogP contribution in [0.25, 0.3) is 0 Å². The lowest BCUT2D eigenvalue weighted by Crippen LogP contribution is -2.43. The van der Waals surface area contributed by atoms with Gasteiger partial charge in [0.2, 0.25) is 0 Å². The third-order valence-electron chi connectivity index (χ3n) is 4.66. The predicted octanol–water partition coefficient (Wildman–Crippen LogP) is 3.91. The van der Waals surface area contributed by atoms with Crippen molar-refractivity contribution in [3.8, 4) is 0 Å². The van der Waals surface area contributed by atoms with E-state index in [9.17, 15) is 0 Å². The third-order valence-corrected chi connectivity index (χ3v) is 4.66. The molecule has 0 atom stereocenters. The Labute approximate surface area is 124 Å². The van der Waals surface area contributed by atoms with Crippen LogP contribution >= 0.6 is 0 Å². The maximum Gasteiger partial charge on any atom is 0.0369 e. The highest BCUT2D eigenvalue weighted by Crippen LogP contribution is 2.36. The summed E-state index contributed by atoms with van der Waals surface area (Å²) in [5.74, 6) is 0. The molecule has 0 radical (unpaired) electrons. The van der Waals surface area contributed by atoms with Crippen molar-refractivity contribution < 1.29 is 0 Å². The molecule has 2 heteroatoms. The Kier molecular flexibility index (Phi) is 5.09. The van der Waals surface area contributed by atoms with Crippen molar-refractivity contribution >= 4 is 5.69 Å². The second-order valence-corrected chi connectivity index (χ2v) is 6.70. The molecule has 1 N–H and O–H groups in total. The van der Waals surface area contributed by atoms with Gasteiger partial charge in [-0.25, -0.2) is 0 Å². The monoisotopic (exact) mass is 274 g/mol. The van der Waals surface area contributed by atoms with E-state index in [-0.39, 0.29) is 0 Å². The lowest BCUT2D eigenvalue weighted by Gasteiger charge is -2.41. The van der Waals surface area contributed by atoms with Crippen LogP contribution in [-0.2, 0) is 0 Å². The molecule has 0 unspecified atom stereocenters. The molecule has 1 aliphatic rings. The standard InChI is InChI=1S/C18H30N2/c1-5-6-18(7-9-19-10-8-18)14-20(4)17-12-15(2)11-16(3)13-17/h11-13,19H,5-10,14H2,1-4H3. The third kappa shape index (κ3) is 3.76. The summed E-state index contributed by atoms with van der Waals surface area (Å²) in [5, 5.41) is 3.51. The topological polar surface area (TPSA) is 15.3 Å². The first-order chi connectivity index (χ1) is 9.54. The van der Waals surface area contributed by atoms with Crippen LogP contribution in [0.4, 0.5) is 5.69 Å². The number of hydrogen-bond acceptors (Lipinski definition) is 2. The van der Waals surface area contributed by atoms with E-state index >= 15 is 0 Å². The van der Waals surface area contributed by atoms with Crippen LogP contribution in [0.5, 0.6) is 0 Å². The molecular formula is C18H30N2. The molecule has 0 aromatic heterocycles. The molecule has 1 fully saturated rings. The molecule has 1 aliphatic heterocycles. The normalized spacial score (nSPS) is 18.0. The van der Waals surface area contributed by atoms with E-state index in [4.69, 9.17) is 0 Å². The summed E-state index contributed by atoms with van der Waals surface area (Å²) in [6, 6.07) is 6.88. The SMILES string of the molecule is CCCC1(CN(C)c2cc(C)cc(C)c2)CCNCC1. The summed E-state index contributed by atoms with van der Waals surface area (Å²) in [7, 11) is 2.26. The van der Waals surface area contributed by atoms with E-state index in [0.29, 0.717) is 5.41 Å². The van der Waals surface area contributed by atoms with Crippen molar-refractivity contribution in [2.24, 2.45) is 5.41 Å². The van der Waals surface area contributed by atoms with Gasteiger partial charge in [0.25, 0.3) is 0 Å². The minimum absolute atomic E-state index is 0.506. The molecule has 0 saturated carbocycles. The van der Waals surface area contributed by atoms with Crippen LogP contribution in [0.2, 0.25) is 0 Å². The minimum Gasteiger partial charge on any atom is -0.374 e. The maximum absolute atomic E-state index is 3.51. The minimum atomic E-state index is 0.506. The Morgan fingerprint density at radius 1 is 1.10 bits per heavy atom. The van der Waals surface area contributed by atoms with E-state index in [1.165, 1.54) is 62.1 Å². The van der Waals surface area contributed by atoms with Crippen molar-refractivity contribution in [3.05, 3.63) is 29.3 Å². The molecule has 1 aromatic carbocycles. The number of benzene rings is 1. The largest absolute Gasteiger partial charge is 0.374 e. The van der Waals surface area contributed by atoms with E-state index < -0.39 is 0 Å². The first-order valence-corrected chi connectivity index (χ1v) is 8.05. The number of rotatable bonds is 5. The van der Waals surface area contributed by atoms with Crippen molar-refractivity contribution in [1.82, 2.24) is 5.32 Å². The highest BCUT2D eigenvalue weighted by atomic mass is 15.1. The maximum atomic E-state index is 3.51. The van der Waals surface area contributed by atoms with E-state index in [2.05, 4.69) is 56.2 Å². The number of aryl methyl sites for hydroxylation is 2. The number of hydrogen-bond donors (Lipinski definition) is 1. The highest BCUT2D eigenvalue weighted by Gasteiger charge is 2.32. The van der Waals surface area contributed by atoms with Crippen LogP contribution in [0.1, 0.15) is 43.7 Å². The van der Waals surface area contributed by atoms with Gasteiger partial charge in [0, 0.05) is 19.3 Å². The van der Waals surface area contributed by atoms with Gasteiger partial charge in [-0.3, -0.25) is 0 Å². The lowest BCUT2D eigenvalue weighted by atomic mass is 9.75. The number of nitrogens with one attached hydrogen (secondary N) is 1. The van der Waals surface area contributed by atoms with Crippen LogP contribution < -0.4 is 10.2 Å². The Hall–Kier alpha value is -1.02. The number of piperidine rings is 1. The molecular weight excluding hydrogens is 244 g/mol. The Morgan fingerprint density at radius 2 is 1.70 bits per heavy atom. The molecule has 1 aromatic rings. The summed E-state index contributed by atoms with van der Waals surface area (Å²) in [4.78, 5) is 2.47. The summed E-state index contributed by atoms with van der Waals surface area (Å²) in [6.07, 6.45) is 5.27. The molecule has 1 saturated heterocycles. The van der Waals surface area contributed by atoms with Gasteiger partial charge < -0.3 is 10.2 Å². The summed E-state index contributed by atoms with van der Waals surface area (Å²) < 4.78 is 0. The molecule has 2 nitrogen and oxygen atoms in total. The van der Waals surface area contributed by atoms with Gasteiger partial charge in [-0.05, 0) is 74.9 Å². The average molecular weight is 274 g/mol. The molecule has 1 heterocycles. The van der Waals surface area contributed by atoms with Crippen molar-refractivity contribution in [2.75, 3.05) is 31.6 Å². The first-order valence-electron chi connectivity index (χ1n) is 8.05. The van der Waals surface area contributed by atoms with E-state index in [0.717, 1.165) is 0 Å². The first kappa shape index (κ1) is 15.4. The average Bonchev–Trinajstić information content (AvgIpc) is 2.38. The lowest BCUT2D eigenvalue weighted by molar-refractivity contribution is 0.190. The molecule has 0 spiro atoms. The molecule has 112 valence electrons. The quantitative estimate of drug-likeness (QED) is 0.876. The van der Waals surface area contributed by atoms with Crippen molar-refractivity contribution in [1.29, 1.82) is 0 Å². The Bertz CT molecular complexity index is 407.